The average molecular weight is 604 g/mol. The van der Waals surface area contributed by atoms with Gasteiger partial charge in [0.15, 0.2) is 0 Å². The van der Waals surface area contributed by atoms with E-state index in [1.165, 1.54) is 0 Å². The molecule has 0 amide bonds. The van der Waals surface area contributed by atoms with Crippen molar-refractivity contribution in [2.75, 3.05) is 0 Å². The van der Waals surface area contributed by atoms with Crippen molar-refractivity contribution >= 4 is 0 Å². The van der Waals surface area contributed by atoms with Crippen LogP contribution in [-0.2, 0) is 4.74 Å². The maximum absolute atomic E-state index is 13.3. The Morgan fingerprint density at radius 1 is 0.250 bits per heavy atom. The topological polar surface area (TPSA) is 9.23 Å². The minimum Gasteiger partial charge on any atom is -0.221 e. The molecule has 36 heavy (non-hydrogen) atoms. The van der Waals surface area contributed by atoms with Gasteiger partial charge >= 0.3 is 66.0 Å². The molecule has 0 bridgehead atoms. The van der Waals surface area contributed by atoms with Gasteiger partial charge in [-0.1, -0.05) is 0 Å². The lowest BCUT2D eigenvalue weighted by Crippen LogP contribution is -2.77. The number of halogens is 24. The third-order valence-electron chi connectivity index (χ3n) is 3.73. The van der Waals surface area contributed by atoms with Crippen molar-refractivity contribution in [2.45, 2.75) is 66.0 Å². The molecule has 0 heterocycles. The van der Waals surface area contributed by atoms with Gasteiger partial charge < -0.3 is 0 Å². The van der Waals surface area contributed by atoms with E-state index in [-0.39, 0.29) is 0 Å². The summed E-state index contributed by atoms with van der Waals surface area (Å²) in [6.07, 6.45) is -23.5. The van der Waals surface area contributed by atoms with Gasteiger partial charge in [-0.3, -0.25) is 0 Å². The summed E-state index contributed by atoms with van der Waals surface area (Å²) in [4.78, 5) is 0. The van der Waals surface area contributed by atoms with Crippen LogP contribution in [0.5, 0.6) is 0 Å². The van der Waals surface area contributed by atoms with Crippen molar-refractivity contribution < 1.29 is 110 Å². The number of hydrogen-bond acceptors (Lipinski definition) is 1. The molecule has 0 N–H and O–H groups in total. The highest BCUT2D eigenvalue weighted by Crippen LogP contribution is 2.66. The third kappa shape index (κ3) is 4.34. The molecule has 0 saturated heterocycles. The average Bonchev–Trinajstić information content (AvgIpc) is 2.57. The summed E-state index contributed by atoms with van der Waals surface area (Å²) >= 11 is 0. The van der Waals surface area contributed by atoms with Gasteiger partial charge in [-0.2, -0.15) is 92.2 Å². The Balaban J connectivity index is 7.06. The zero-order valence-corrected chi connectivity index (χ0v) is 15.0. The fourth-order valence-electron chi connectivity index (χ4n) is 1.75. The maximum Gasteiger partial charge on any atom is 0.527 e. The van der Waals surface area contributed by atoms with Crippen LogP contribution in [0.3, 0.4) is 0 Å². The first kappa shape index (κ1) is 34.3. The molecule has 0 aliphatic carbocycles. The number of hydrogen-bond donors (Lipinski definition) is 0. The van der Waals surface area contributed by atoms with Gasteiger partial charge in [-0.15, -0.1) is 13.2 Å². The molecular formula is C11F24O. The Morgan fingerprint density at radius 2 is 0.444 bits per heavy atom. The highest BCUT2D eigenvalue weighted by Gasteiger charge is 2.98. The Labute approximate surface area is 177 Å². The second kappa shape index (κ2) is 8.14. The molecule has 0 aliphatic rings. The minimum atomic E-state index is -9.43. The van der Waals surface area contributed by atoms with Crippen LogP contribution in [-0.4, -0.2) is 66.0 Å². The lowest BCUT2D eigenvalue weighted by atomic mass is 9.87. The highest BCUT2D eigenvalue weighted by molar-refractivity contribution is 5.17. The molecule has 1 nitrogen and oxygen atoms in total. The summed E-state index contributed by atoms with van der Waals surface area (Å²) in [5.41, 5.74) is 0. The second-order valence-electron chi connectivity index (χ2n) is 6.16. The van der Waals surface area contributed by atoms with E-state index in [0.717, 1.165) is 4.74 Å². The van der Waals surface area contributed by atoms with Gasteiger partial charge in [0.05, 0.1) is 0 Å². The molecule has 0 radical (unpaired) electrons. The van der Waals surface area contributed by atoms with E-state index in [4.69, 9.17) is 0 Å². The Bertz CT molecular complexity index is 796. The Kier molecular flexibility index (Phi) is 7.75. The molecule has 0 aromatic heterocycles. The van der Waals surface area contributed by atoms with Gasteiger partial charge in [-0.05, 0) is 0 Å². The van der Waals surface area contributed by atoms with Crippen molar-refractivity contribution in [3.63, 3.8) is 0 Å². The second-order valence-corrected chi connectivity index (χ2v) is 6.16. The van der Waals surface area contributed by atoms with Crippen molar-refractivity contribution in [1.29, 1.82) is 0 Å². The maximum atomic E-state index is 13.3. The van der Waals surface area contributed by atoms with Crippen LogP contribution in [0, 0.1) is 0 Å². The summed E-state index contributed by atoms with van der Waals surface area (Å²) in [6.45, 7) is 0. The third-order valence-corrected chi connectivity index (χ3v) is 3.73. The van der Waals surface area contributed by atoms with Crippen LogP contribution in [0.1, 0.15) is 0 Å². The molecule has 0 atom stereocenters. The van der Waals surface area contributed by atoms with E-state index in [0.29, 0.717) is 0 Å². The summed E-state index contributed by atoms with van der Waals surface area (Å²) in [7, 11) is 0. The predicted molar refractivity (Wildman–Crippen MR) is 57.7 cm³/mol. The SMILES string of the molecule is FC(F)(F)OC(F)(F)C(F)(F)C(F)(F)C(F)(F)C(F)(F)C(F)(F)C(F)(F)C(F)(F)C(F)(F)C(F)(F)F. The fraction of sp³-hybridized carbons (Fsp3) is 1.00. The molecule has 0 saturated carbocycles. The smallest absolute Gasteiger partial charge is 0.221 e. The molecule has 0 aliphatic heterocycles. The number of alkyl halides is 24. The fourth-order valence-corrected chi connectivity index (χ4v) is 1.75. The first-order chi connectivity index (χ1) is 15.0. The first-order valence-corrected chi connectivity index (χ1v) is 7.19. The van der Waals surface area contributed by atoms with E-state index < -0.39 is 66.0 Å². The first-order valence-electron chi connectivity index (χ1n) is 7.19. The number of rotatable bonds is 9. The van der Waals surface area contributed by atoms with E-state index >= 15 is 0 Å². The summed E-state index contributed by atoms with van der Waals surface area (Å²) < 4.78 is 306. The molecule has 0 aromatic rings. The van der Waals surface area contributed by atoms with Crippen molar-refractivity contribution in [2.24, 2.45) is 0 Å². The normalized spacial score (nSPS) is 17.0. The van der Waals surface area contributed by atoms with Crippen LogP contribution in [0.15, 0.2) is 0 Å². The minimum absolute atomic E-state index is 0.952. The van der Waals surface area contributed by atoms with E-state index in [1.807, 2.05) is 0 Å². The molecule has 218 valence electrons. The molecule has 25 heteroatoms. The zero-order valence-electron chi connectivity index (χ0n) is 15.0. The molecule has 0 aromatic carbocycles. The molecular weight excluding hydrogens is 604 g/mol. The van der Waals surface area contributed by atoms with Crippen LogP contribution in [0.2, 0.25) is 0 Å². The molecule has 0 rings (SSSR count). The lowest BCUT2D eigenvalue weighted by Gasteiger charge is -2.44. The van der Waals surface area contributed by atoms with Crippen molar-refractivity contribution in [3.8, 4) is 0 Å². The van der Waals surface area contributed by atoms with E-state index in [2.05, 4.69) is 0 Å². The Morgan fingerprint density at radius 3 is 0.639 bits per heavy atom. The van der Waals surface area contributed by atoms with Crippen molar-refractivity contribution in [1.82, 2.24) is 0 Å². The molecule has 0 unspecified atom stereocenters. The summed E-state index contributed by atoms with van der Waals surface area (Å²) in [5.74, 6) is -73.0. The van der Waals surface area contributed by atoms with Gasteiger partial charge in [0.25, 0.3) is 0 Å². The van der Waals surface area contributed by atoms with Crippen LogP contribution < -0.4 is 0 Å². The summed E-state index contributed by atoms with van der Waals surface area (Å²) in [5, 5.41) is 0. The van der Waals surface area contributed by atoms with Crippen LogP contribution >= 0.6 is 0 Å². The molecule has 0 fully saturated rings. The monoisotopic (exact) mass is 604 g/mol. The summed E-state index contributed by atoms with van der Waals surface area (Å²) in [6, 6.07) is 0. The number of ether oxygens (including phenoxy) is 1. The molecule has 0 spiro atoms. The van der Waals surface area contributed by atoms with Crippen molar-refractivity contribution in [3.05, 3.63) is 0 Å². The van der Waals surface area contributed by atoms with Gasteiger partial charge in [0.2, 0.25) is 0 Å². The Hall–Kier alpha value is -1.72. The zero-order chi connectivity index (χ0) is 30.2. The standard InChI is InChI=1S/C11F24O/c12-1(13,3(16,17)5(20,21)7(24,25)9(28,29)30)2(14,15)4(18,19)6(22,23)8(26,27)10(31,32)36-11(33,34)35. The quantitative estimate of drug-likeness (QED) is 0.245. The van der Waals surface area contributed by atoms with E-state index in [9.17, 15) is 105 Å². The van der Waals surface area contributed by atoms with E-state index in [1.54, 1.807) is 0 Å². The largest absolute Gasteiger partial charge is 0.527 e. The van der Waals surface area contributed by atoms with Crippen LogP contribution in [0.25, 0.3) is 0 Å². The van der Waals surface area contributed by atoms with Crippen LogP contribution in [0.4, 0.5) is 105 Å². The van der Waals surface area contributed by atoms with Gasteiger partial charge in [-0.25, -0.2) is 4.74 Å². The highest BCUT2D eigenvalue weighted by atomic mass is 19.4. The van der Waals surface area contributed by atoms with Gasteiger partial charge in [0, 0.05) is 0 Å². The predicted octanol–water partition coefficient (Wildman–Crippen LogP) is 7.76. The van der Waals surface area contributed by atoms with Gasteiger partial charge in [0.1, 0.15) is 0 Å². The lowest BCUT2D eigenvalue weighted by molar-refractivity contribution is -0.512.